The zero-order chi connectivity index (χ0) is 37.2. The summed E-state index contributed by atoms with van der Waals surface area (Å²) in [5.74, 6) is -1.57. The van der Waals surface area contributed by atoms with Gasteiger partial charge in [0.1, 0.15) is 6.04 Å². The lowest BCUT2D eigenvalue weighted by molar-refractivity contribution is -0.214. The topological polar surface area (TPSA) is 145 Å². The molecule has 0 aromatic heterocycles. The third-order valence-electron chi connectivity index (χ3n) is 14.0. The number of thioether (sulfide) groups is 1. The Morgan fingerprint density at radius 1 is 0.900 bits per heavy atom. The van der Waals surface area contributed by atoms with Gasteiger partial charge in [0, 0.05) is 37.3 Å². The third kappa shape index (κ3) is 6.13. The van der Waals surface area contributed by atoms with E-state index in [1.165, 1.54) is 27.9 Å². The maximum absolute atomic E-state index is 12.8. The Balaban J connectivity index is 1.68. The summed E-state index contributed by atoms with van der Waals surface area (Å²) < 4.78 is 16.5. The van der Waals surface area contributed by atoms with Crippen LogP contribution >= 0.6 is 11.8 Å². The summed E-state index contributed by atoms with van der Waals surface area (Å²) in [5.41, 5.74) is 1.40. The van der Waals surface area contributed by atoms with E-state index in [0.29, 0.717) is 18.4 Å². The van der Waals surface area contributed by atoms with Gasteiger partial charge in [-0.3, -0.25) is 19.2 Å². The van der Waals surface area contributed by atoms with E-state index in [4.69, 9.17) is 14.2 Å². The average molecular weight is 714 g/mol. The molecule has 0 spiro atoms. The first-order valence-corrected chi connectivity index (χ1v) is 19.0. The van der Waals surface area contributed by atoms with Crippen molar-refractivity contribution in [2.75, 3.05) is 12.9 Å². The van der Waals surface area contributed by atoms with Crippen LogP contribution in [0.1, 0.15) is 129 Å². The van der Waals surface area contributed by atoms with Gasteiger partial charge in [0.05, 0.1) is 12.5 Å². The molecule has 3 saturated carbocycles. The number of aliphatic carboxylic acids is 1. The lowest BCUT2D eigenvalue weighted by Gasteiger charge is -2.72. The smallest absolute Gasteiger partial charge is 0.329 e. The number of esters is 3. The minimum Gasteiger partial charge on any atom is -0.481 e. The number of methoxy groups -OCH3 is 1. The third-order valence-corrected chi connectivity index (χ3v) is 15.4. The molecule has 0 aliphatic heterocycles. The number of carboxylic acids is 1. The molecule has 0 bridgehead atoms. The van der Waals surface area contributed by atoms with Gasteiger partial charge in [-0.1, -0.05) is 27.7 Å². The number of carbonyl (C=O) groups is 5. The van der Waals surface area contributed by atoms with Crippen LogP contribution in [0.15, 0.2) is 6.07 Å². The van der Waals surface area contributed by atoms with E-state index < -0.39 is 35.3 Å². The Bertz CT molecular complexity index is 1610. The van der Waals surface area contributed by atoms with E-state index in [9.17, 15) is 29.1 Å². The van der Waals surface area contributed by atoms with Crippen LogP contribution in [-0.4, -0.2) is 53.8 Å². The molecule has 1 aromatic carbocycles. The van der Waals surface area contributed by atoms with E-state index in [1.54, 1.807) is 11.8 Å². The van der Waals surface area contributed by atoms with Crippen LogP contribution in [0.3, 0.4) is 0 Å². The van der Waals surface area contributed by atoms with Crippen LogP contribution in [0.5, 0.6) is 11.5 Å². The number of ether oxygens (including phenoxy) is 3. The Hall–Kier alpha value is -3.08. The van der Waals surface area contributed by atoms with Crippen molar-refractivity contribution >= 4 is 41.5 Å². The van der Waals surface area contributed by atoms with Crippen molar-refractivity contribution in [2.24, 2.45) is 33.5 Å². The highest BCUT2D eigenvalue weighted by Crippen LogP contribution is 2.76. The fourth-order valence-corrected chi connectivity index (χ4v) is 12.4. The monoisotopic (exact) mass is 713 g/mol. The molecular weight excluding hydrogens is 658 g/mol. The van der Waals surface area contributed by atoms with Crippen molar-refractivity contribution < 1.29 is 43.3 Å². The quantitative estimate of drug-likeness (QED) is 0.212. The second-order valence-electron chi connectivity index (χ2n) is 16.9. The van der Waals surface area contributed by atoms with Crippen molar-refractivity contribution in [1.82, 2.24) is 5.32 Å². The molecule has 4 aliphatic rings. The summed E-state index contributed by atoms with van der Waals surface area (Å²) in [6.45, 7) is 17.4. The first-order chi connectivity index (χ1) is 23.2. The number of hydrogen-bond acceptors (Lipinski definition) is 9. The molecule has 10 nitrogen and oxygen atoms in total. The number of rotatable bonds is 8. The van der Waals surface area contributed by atoms with Crippen molar-refractivity contribution in [3.05, 3.63) is 22.8 Å². The zero-order valence-corrected chi connectivity index (χ0v) is 32.2. The van der Waals surface area contributed by atoms with Crippen LogP contribution in [0.25, 0.3) is 0 Å². The van der Waals surface area contributed by atoms with E-state index in [0.717, 1.165) is 49.7 Å². The average Bonchev–Trinajstić information content (AvgIpc) is 3.02. The highest BCUT2D eigenvalue weighted by atomic mass is 32.2. The molecule has 5 rings (SSSR count). The predicted molar refractivity (Wildman–Crippen MR) is 190 cm³/mol. The number of hydrogen-bond donors (Lipinski definition) is 2. The Labute approximate surface area is 300 Å². The summed E-state index contributed by atoms with van der Waals surface area (Å²) in [5, 5.41) is 12.9. The summed E-state index contributed by atoms with van der Waals surface area (Å²) in [7, 11) is 1.30. The Kier molecular flexibility index (Phi) is 10.0. The second-order valence-corrected chi connectivity index (χ2v) is 18.1. The maximum atomic E-state index is 12.8. The molecule has 1 amide bonds. The minimum absolute atomic E-state index is 0.0573. The van der Waals surface area contributed by atoms with Gasteiger partial charge in [0.25, 0.3) is 0 Å². The van der Waals surface area contributed by atoms with E-state index in [2.05, 4.69) is 33.0 Å². The molecule has 0 saturated heterocycles. The van der Waals surface area contributed by atoms with Gasteiger partial charge in [-0.2, -0.15) is 11.8 Å². The van der Waals surface area contributed by atoms with Crippen molar-refractivity contribution in [3.8, 4) is 11.5 Å². The summed E-state index contributed by atoms with van der Waals surface area (Å²) in [6, 6.07) is 1.04. The molecule has 4 aliphatic carbocycles. The predicted octanol–water partition coefficient (Wildman–Crippen LogP) is 7.07. The molecule has 0 radical (unpaired) electrons. The van der Waals surface area contributed by atoms with Crippen LogP contribution in [0, 0.1) is 40.4 Å². The van der Waals surface area contributed by atoms with Gasteiger partial charge >= 0.3 is 23.9 Å². The molecule has 3 fully saturated rings. The SMILES string of the molecule is COC(=O)[C@H](CSC1CC2[C@@](C)(CC[C@@]3(C)[C@@H]4C[C@](C)(C(=O)O)CC[C@]4(C)CC[C@]23C)c2cc(OC(C)=O)c(OC(C)=O)c(C)c21)NC(C)=O. The maximum Gasteiger partial charge on any atom is 0.329 e. The number of carbonyl (C=O) groups excluding carboxylic acids is 4. The molecule has 276 valence electrons. The highest BCUT2D eigenvalue weighted by Gasteiger charge is 2.69. The van der Waals surface area contributed by atoms with Gasteiger partial charge in [-0.15, -0.1) is 0 Å². The minimum atomic E-state index is -0.855. The van der Waals surface area contributed by atoms with E-state index in [-0.39, 0.29) is 61.9 Å². The number of carboxylic acid groups (broad SMARTS) is 1. The largest absolute Gasteiger partial charge is 0.481 e. The molecule has 11 heteroatoms. The normalized spacial score (nSPS) is 36.3. The second kappa shape index (κ2) is 13.2. The molecule has 1 aromatic rings. The molecule has 2 unspecified atom stereocenters. The Morgan fingerprint density at radius 2 is 1.50 bits per heavy atom. The van der Waals surface area contributed by atoms with Crippen LogP contribution in [-0.2, 0) is 34.1 Å². The summed E-state index contributed by atoms with van der Waals surface area (Å²) in [6.07, 6.45) is 6.81. The van der Waals surface area contributed by atoms with Gasteiger partial charge in [0.2, 0.25) is 5.91 Å². The van der Waals surface area contributed by atoms with Crippen molar-refractivity contribution in [1.29, 1.82) is 0 Å². The summed E-state index contributed by atoms with van der Waals surface area (Å²) >= 11 is 1.57. The van der Waals surface area contributed by atoms with Gasteiger partial charge in [-0.25, -0.2) is 4.79 Å². The molecular formula is C39H55NO9S. The van der Waals surface area contributed by atoms with Crippen LogP contribution in [0.4, 0.5) is 0 Å². The van der Waals surface area contributed by atoms with Gasteiger partial charge < -0.3 is 24.6 Å². The first kappa shape index (κ1) is 38.2. The number of benzene rings is 1. The van der Waals surface area contributed by atoms with Crippen LogP contribution < -0.4 is 14.8 Å². The van der Waals surface area contributed by atoms with Crippen LogP contribution in [0.2, 0.25) is 0 Å². The molecule has 50 heavy (non-hydrogen) atoms. The zero-order valence-electron chi connectivity index (χ0n) is 31.4. The van der Waals surface area contributed by atoms with E-state index in [1.807, 2.05) is 19.9 Å². The number of nitrogens with one attached hydrogen (secondary N) is 1. The highest BCUT2D eigenvalue weighted by molar-refractivity contribution is 7.99. The molecule has 0 heterocycles. The summed E-state index contributed by atoms with van der Waals surface area (Å²) in [4.78, 5) is 62.2. The van der Waals surface area contributed by atoms with E-state index >= 15 is 0 Å². The fourth-order valence-electron chi connectivity index (χ4n) is 10.9. The van der Waals surface area contributed by atoms with Gasteiger partial charge in [0.15, 0.2) is 11.5 Å². The van der Waals surface area contributed by atoms with Crippen molar-refractivity contribution in [2.45, 2.75) is 130 Å². The lowest BCUT2D eigenvalue weighted by atomic mass is 9.32. The molecule has 9 atom stereocenters. The fraction of sp³-hybridized carbons (Fsp3) is 0.718. The number of amides is 1. The first-order valence-electron chi connectivity index (χ1n) is 17.9. The molecule has 2 N–H and O–H groups in total. The van der Waals surface area contributed by atoms with Gasteiger partial charge in [-0.05, 0) is 116 Å². The number of fused-ring (bicyclic) bond motifs is 7. The van der Waals surface area contributed by atoms with Crippen molar-refractivity contribution in [3.63, 3.8) is 0 Å². The standard InChI is InChI=1S/C39H55NO9S/c1-21-31-25(17-27(48-23(3)42)32(21)49-24(4)43)37(7)14-16-39(9)30-19-36(6,34(45)46)12-11-35(30,5)13-15-38(39,8)29(37)18-28(31)50-20-26(33(44)47-10)40-22(2)41/h17,26,28-30H,11-16,18-20H2,1-10H3,(H,40,41)(H,45,46)/t26-,28?,29?,30+,35+,36+,37-,38+,39-/m0/s1. The lowest BCUT2D eigenvalue weighted by Crippen LogP contribution is -2.65. The Morgan fingerprint density at radius 3 is 2.08 bits per heavy atom.